The van der Waals surface area contributed by atoms with Gasteiger partial charge in [0.1, 0.15) is 30.6 Å². The predicted octanol–water partition coefficient (Wildman–Crippen LogP) is -2.30. The average molecular weight is 616 g/mol. The molecule has 0 spiro atoms. The third-order valence-electron chi connectivity index (χ3n) is 5.66. The number of phosphoric ester groups is 2. The zero-order valence-electron chi connectivity index (χ0n) is 20.4. The second kappa shape index (κ2) is 13.0. The maximum Gasteiger partial charge on any atom is 0.483 e. The van der Waals surface area contributed by atoms with Crippen molar-refractivity contribution in [2.75, 3.05) is 13.2 Å². The number of nitrogens with zero attached hydrogens (tertiary/aromatic N) is 4. The number of carbonyl (C=O) groups excluding carboxylic acids is 1. The van der Waals surface area contributed by atoms with Crippen molar-refractivity contribution >= 4 is 21.6 Å². The lowest BCUT2D eigenvalue weighted by atomic mass is 9.97. The lowest BCUT2D eigenvalue weighted by molar-refractivity contribution is -0.247. The first-order valence-electron chi connectivity index (χ1n) is 11.3. The molecule has 21 nitrogen and oxygen atoms in total. The Morgan fingerprint density at radius 2 is 1.95 bits per heavy atom. The maximum atomic E-state index is 12.5. The van der Waals surface area contributed by atoms with Crippen LogP contribution in [0.1, 0.15) is 19.6 Å². The number of rotatable bonds is 11. The summed E-state index contributed by atoms with van der Waals surface area (Å²) in [5.41, 5.74) is 7.29. The Kier molecular flexibility index (Phi) is 10.4. The van der Waals surface area contributed by atoms with Crippen molar-refractivity contribution in [1.29, 1.82) is 0 Å². The number of nitrogens with one attached hydrogen (secondary N) is 2. The summed E-state index contributed by atoms with van der Waals surface area (Å²) in [6.07, 6.45) is -8.57. The van der Waals surface area contributed by atoms with Crippen LogP contribution in [0.25, 0.3) is 10.4 Å². The molecule has 1 amide bonds. The van der Waals surface area contributed by atoms with Crippen LogP contribution in [0.5, 0.6) is 0 Å². The van der Waals surface area contributed by atoms with Crippen LogP contribution in [-0.4, -0.2) is 96.6 Å². The lowest BCUT2D eigenvalue weighted by Crippen LogP contribution is -2.64. The summed E-state index contributed by atoms with van der Waals surface area (Å²) >= 11 is 0. The number of aliphatic hydroxyl groups is 3. The second-order valence-corrected chi connectivity index (χ2v) is 11.5. The Balaban J connectivity index is 1.68. The number of amides is 1. The fourth-order valence-electron chi connectivity index (χ4n) is 3.91. The van der Waals surface area contributed by atoms with Crippen molar-refractivity contribution in [3.8, 4) is 0 Å². The zero-order chi connectivity index (χ0) is 29.8. The maximum absolute atomic E-state index is 12.5. The van der Waals surface area contributed by atoms with E-state index in [0.29, 0.717) is 0 Å². The first-order valence-corrected chi connectivity index (χ1v) is 14.3. The molecule has 0 bridgehead atoms. The summed E-state index contributed by atoms with van der Waals surface area (Å²) in [4.78, 5) is 59.5. The van der Waals surface area contributed by atoms with Gasteiger partial charge in [0.15, 0.2) is 6.29 Å². The van der Waals surface area contributed by atoms with Crippen LogP contribution in [0.2, 0.25) is 0 Å². The number of H-pyrrole nitrogens is 1. The van der Waals surface area contributed by atoms with E-state index in [0.717, 1.165) is 23.8 Å². The van der Waals surface area contributed by atoms with E-state index in [1.807, 2.05) is 4.98 Å². The Morgan fingerprint density at radius 1 is 1.25 bits per heavy atom. The number of azide groups is 1. The molecule has 0 aliphatic carbocycles. The van der Waals surface area contributed by atoms with E-state index < -0.39 is 95.0 Å². The summed E-state index contributed by atoms with van der Waals surface area (Å²) in [6, 6.07) is -1.70. The molecule has 3 rings (SSSR count). The van der Waals surface area contributed by atoms with Crippen molar-refractivity contribution in [3.63, 3.8) is 0 Å². The molecule has 2 aliphatic rings. The molecule has 0 saturated carbocycles. The predicted molar refractivity (Wildman–Crippen MR) is 126 cm³/mol. The molecule has 10 atom stereocenters. The summed E-state index contributed by atoms with van der Waals surface area (Å²) in [5, 5.41) is 35.1. The van der Waals surface area contributed by atoms with E-state index in [4.69, 9.17) is 24.1 Å². The summed E-state index contributed by atoms with van der Waals surface area (Å²) in [5.74, 6) is -0.783. The van der Waals surface area contributed by atoms with Gasteiger partial charge in [-0.15, -0.1) is 0 Å². The molecule has 23 heteroatoms. The minimum absolute atomic E-state index is 0.119. The van der Waals surface area contributed by atoms with Crippen LogP contribution in [-0.2, 0) is 36.8 Å². The highest BCUT2D eigenvalue weighted by atomic mass is 31.3. The standard InChI is InChI=1S/C17H26N6O15P2/c1-7(25)19-13-15(28)14(27)9(5-24)36-16(13)37-40(32,33)38-39(30,31)34-6-10-8(21-22-18)4-12(35-10)23-3-2-11(26)20-17(23)29/h2-3,8-10,12-16,24,27-28H,4-6H2,1H3,(H,19,25)(H,30,31)(H,32,33)(H,20,26,29)/t8-,9+,10+,12+,13+,14+,15+,16+/m0/s1. The molecule has 1 aromatic rings. The van der Waals surface area contributed by atoms with E-state index in [-0.39, 0.29) is 6.42 Å². The molecular formula is C17H26N6O15P2. The van der Waals surface area contributed by atoms with E-state index >= 15 is 0 Å². The van der Waals surface area contributed by atoms with Crippen LogP contribution in [0, 0.1) is 0 Å². The molecule has 3 heterocycles. The van der Waals surface area contributed by atoms with Gasteiger partial charge in [0, 0.05) is 30.5 Å². The molecule has 224 valence electrons. The van der Waals surface area contributed by atoms with Gasteiger partial charge in [-0.25, -0.2) is 13.9 Å². The first-order chi connectivity index (χ1) is 18.7. The van der Waals surface area contributed by atoms with Gasteiger partial charge in [-0.05, 0) is 5.53 Å². The Hall–Kier alpha value is -2.48. The normalized spacial score (nSPS) is 33.4. The average Bonchev–Trinajstić information content (AvgIpc) is 3.24. The van der Waals surface area contributed by atoms with Crippen LogP contribution in [0.15, 0.2) is 27.0 Å². The number of hydrogen-bond acceptors (Lipinski definition) is 14. The van der Waals surface area contributed by atoms with Gasteiger partial charge in [-0.2, -0.15) is 4.31 Å². The summed E-state index contributed by atoms with van der Waals surface area (Å²) < 4.78 is 50.2. The minimum atomic E-state index is -5.60. The van der Waals surface area contributed by atoms with Gasteiger partial charge in [-0.1, -0.05) is 5.11 Å². The Morgan fingerprint density at radius 3 is 2.55 bits per heavy atom. The van der Waals surface area contributed by atoms with Gasteiger partial charge in [0.05, 0.1) is 25.4 Å². The van der Waals surface area contributed by atoms with Crippen LogP contribution >= 0.6 is 15.6 Å². The Labute approximate surface area is 223 Å². The monoisotopic (exact) mass is 616 g/mol. The molecule has 2 unspecified atom stereocenters. The largest absolute Gasteiger partial charge is 0.483 e. The molecule has 2 aliphatic heterocycles. The van der Waals surface area contributed by atoms with E-state index in [9.17, 15) is 48.6 Å². The van der Waals surface area contributed by atoms with Gasteiger partial charge in [-0.3, -0.25) is 28.2 Å². The van der Waals surface area contributed by atoms with Crippen molar-refractivity contribution in [2.45, 2.75) is 62.4 Å². The number of phosphoric acid groups is 2. The molecule has 0 aromatic carbocycles. The zero-order valence-corrected chi connectivity index (χ0v) is 22.2. The van der Waals surface area contributed by atoms with Crippen molar-refractivity contribution in [3.05, 3.63) is 43.5 Å². The lowest BCUT2D eigenvalue weighted by Gasteiger charge is -2.42. The van der Waals surface area contributed by atoms with Gasteiger partial charge in [0.2, 0.25) is 5.91 Å². The summed E-state index contributed by atoms with van der Waals surface area (Å²) in [7, 11) is -11.1. The first kappa shape index (κ1) is 32.0. The Bertz CT molecular complexity index is 1330. The van der Waals surface area contributed by atoms with Crippen molar-refractivity contribution in [2.24, 2.45) is 5.11 Å². The fourth-order valence-corrected chi connectivity index (χ4v) is 6.07. The van der Waals surface area contributed by atoms with Crippen LogP contribution in [0.4, 0.5) is 0 Å². The fraction of sp³-hybridized carbons (Fsp3) is 0.706. The van der Waals surface area contributed by atoms with Gasteiger partial charge in [0.25, 0.3) is 5.56 Å². The highest BCUT2D eigenvalue weighted by Gasteiger charge is 2.49. The SMILES string of the molecule is CC(=O)N[C@H]1[C@@H](OP(=O)(O)OP(=O)(O)OC[C@H]2O[C@@H](n3ccc(=O)[nH]c3=O)C[C@@H]2N=[N+]=[N-])O[C@H](CO)[C@@H](O)[C@@H]1O. The quantitative estimate of drug-likeness (QED) is 0.0595. The number of aromatic amines is 1. The molecule has 2 fully saturated rings. The number of aliphatic hydroxyl groups excluding tert-OH is 3. The molecular weight excluding hydrogens is 590 g/mol. The molecule has 7 N–H and O–H groups in total. The molecule has 2 saturated heterocycles. The van der Waals surface area contributed by atoms with Gasteiger partial charge >= 0.3 is 21.3 Å². The number of aromatic nitrogens is 2. The molecule has 40 heavy (non-hydrogen) atoms. The number of hydrogen-bond donors (Lipinski definition) is 7. The van der Waals surface area contributed by atoms with Crippen LogP contribution < -0.4 is 16.6 Å². The topological polar surface area (TPSA) is 314 Å². The van der Waals surface area contributed by atoms with Gasteiger partial charge < -0.3 is 39.9 Å². The molecule has 1 aromatic heterocycles. The highest BCUT2D eigenvalue weighted by Crippen LogP contribution is 2.61. The van der Waals surface area contributed by atoms with E-state index in [2.05, 4.69) is 19.7 Å². The van der Waals surface area contributed by atoms with E-state index in [1.54, 1.807) is 0 Å². The van der Waals surface area contributed by atoms with E-state index in [1.165, 1.54) is 0 Å². The van der Waals surface area contributed by atoms with Crippen molar-refractivity contribution < 1.29 is 61.9 Å². The van der Waals surface area contributed by atoms with Crippen molar-refractivity contribution in [1.82, 2.24) is 14.9 Å². The molecule has 0 radical (unpaired) electrons. The summed E-state index contributed by atoms with van der Waals surface area (Å²) in [6.45, 7) is -0.743. The smallest absolute Gasteiger partial charge is 0.394 e. The number of carbonyl (C=O) groups is 1. The third kappa shape index (κ3) is 8.05. The van der Waals surface area contributed by atoms with Crippen LogP contribution in [0.3, 0.4) is 0 Å². The number of ether oxygens (including phenoxy) is 2. The highest BCUT2D eigenvalue weighted by molar-refractivity contribution is 7.61. The third-order valence-corrected chi connectivity index (χ3v) is 8.26. The minimum Gasteiger partial charge on any atom is -0.394 e. The second-order valence-electron chi connectivity index (χ2n) is 8.51.